The molecule has 1 saturated heterocycles. The van der Waals surface area contributed by atoms with Crippen LogP contribution in [-0.2, 0) is 6.54 Å². The second-order valence-electron chi connectivity index (χ2n) is 11.7. The molecule has 3 aromatic rings. The van der Waals surface area contributed by atoms with Crippen LogP contribution in [0.4, 0.5) is 10.5 Å². The molecule has 222 valence electrons. The Hall–Kier alpha value is -3.82. The van der Waals surface area contributed by atoms with Crippen molar-refractivity contribution >= 4 is 34.5 Å². The van der Waals surface area contributed by atoms with Gasteiger partial charge in [-0.2, -0.15) is 0 Å². The van der Waals surface area contributed by atoms with Crippen LogP contribution < -0.4 is 20.1 Å². The Morgan fingerprint density at radius 2 is 1.83 bits per heavy atom. The molecule has 0 unspecified atom stereocenters. The lowest BCUT2D eigenvalue weighted by atomic mass is 9.85. The number of nitrogens with one attached hydrogen (secondary N) is 2. The third-order valence-corrected chi connectivity index (χ3v) is 9.01. The molecule has 6 rings (SSSR count). The number of carbonyl (C=O) groups excluding carboxylic acids is 2. The number of Topliss-reactive ketones (excluding diaryl/α,β-unsaturated/α-hetero) is 1. The largest absolute Gasteiger partial charge is 0.497 e. The van der Waals surface area contributed by atoms with Crippen LogP contribution in [0.5, 0.6) is 11.5 Å². The number of aromatic nitrogens is 1. The van der Waals surface area contributed by atoms with Gasteiger partial charge in [0.2, 0.25) is 5.78 Å². The first-order valence-electron chi connectivity index (χ1n) is 15.1. The highest BCUT2D eigenvalue weighted by molar-refractivity contribution is 6.16. The molecule has 9 nitrogen and oxygen atoms in total. The second kappa shape index (κ2) is 12.2. The molecule has 0 radical (unpaired) electrons. The highest BCUT2D eigenvalue weighted by atomic mass is 16.5. The standard InChI is InChI=1S/C33H41N5O4/c1-34-33(40)35-23-9-12-29-27(19-23)32(39)30(42-29)21-26-25-20-24(41-3)10-11-28(25)38(31(26)22-7-5-4-6-8-22)18-17-37-15-13-36(2)14-16-37/h9-12,19-22H,4-8,13-18H2,1-3H3,(H2,34,35,40)/b30-21-. The van der Waals surface area contributed by atoms with Gasteiger partial charge in [-0.15, -0.1) is 0 Å². The van der Waals surface area contributed by atoms with Gasteiger partial charge in [0.15, 0.2) is 5.76 Å². The maximum atomic E-state index is 13.7. The number of fused-ring (bicyclic) bond motifs is 2. The third kappa shape index (κ3) is 5.63. The van der Waals surface area contributed by atoms with Crippen LogP contribution in [0.15, 0.2) is 42.2 Å². The number of hydrogen-bond acceptors (Lipinski definition) is 6. The number of nitrogens with zero attached hydrogens (tertiary/aromatic N) is 3. The second-order valence-corrected chi connectivity index (χ2v) is 11.7. The van der Waals surface area contributed by atoms with E-state index < -0.39 is 0 Å². The number of rotatable bonds is 7. The maximum Gasteiger partial charge on any atom is 0.318 e. The van der Waals surface area contributed by atoms with Crippen molar-refractivity contribution in [1.82, 2.24) is 19.7 Å². The zero-order valence-corrected chi connectivity index (χ0v) is 24.9. The Labute approximate surface area is 247 Å². The van der Waals surface area contributed by atoms with E-state index in [1.54, 1.807) is 32.4 Å². The summed E-state index contributed by atoms with van der Waals surface area (Å²) in [6.45, 7) is 6.23. The van der Waals surface area contributed by atoms with Crippen molar-refractivity contribution in [2.75, 3.05) is 59.2 Å². The Bertz CT molecular complexity index is 1510. The smallest absolute Gasteiger partial charge is 0.318 e. The highest BCUT2D eigenvalue weighted by Crippen LogP contribution is 2.42. The van der Waals surface area contributed by atoms with E-state index >= 15 is 0 Å². The molecule has 2 N–H and O–H groups in total. The van der Waals surface area contributed by atoms with E-state index in [0.29, 0.717) is 28.7 Å². The van der Waals surface area contributed by atoms with E-state index in [4.69, 9.17) is 9.47 Å². The van der Waals surface area contributed by atoms with E-state index in [-0.39, 0.29) is 11.8 Å². The summed E-state index contributed by atoms with van der Waals surface area (Å²) in [5.41, 5.74) is 4.51. The summed E-state index contributed by atoms with van der Waals surface area (Å²) in [6.07, 6.45) is 7.93. The molecule has 0 spiro atoms. The van der Waals surface area contributed by atoms with E-state index in [9.17, 15) is 9.59 Å². The lowest BCUT2D eigenvalue weighted by Gasteiger charge is -2.33. The number of hydrogen-bond donors (Lipinski definition) is 2. The summed E-state index contributed by atoms with van der Waals surface area (Å²) in [4.78, 5) is 30.4. The monoisotopic (exact) mass is 571 g/mol. The number of urea groups is 1. The molecule has 2 aromatic carbocycles. The van der Waals surface area contributed by atoms with Gasteiger partial charge in [0.25, 0.3) is 0 Å². The van der Waals surface area contributed by atoms with Gasteiger partial charge in [-0.1, -0.05) is 19.3 Å². The van der Waals surface area contributed by atoms with Gasteiger partial charge in [0.1, 0.15) is 11.5 Å². The van der Waals surface area contributed by atoms with Crippen molar-refractivity contribution in [3.05, 3.63) is 59.0 Å². The topological polar surface area (TPSA) is 88.1 Å². The lowest BCUT2D eigenvalue weighted by molar-refractivity contribution is 0.101. The molecule has 2 amide bonds. The number of benzene rings is 2. The van der Waals surface area contributed by atoms with Crippen molar-refractivity contribution in [3.63, 3.8) is 0 Å². The van der Waals surface area contributed by atoms with E-state index in [2.05, 4.69) is 44.2 Å². The number of anilines is 1. The number of ketones is 1. The summed E-state index contributed by atoms with van der Waals surface area (Å²) >= 11 is 0. The molecule has 2 aliphatic heterocycles. The zero-order chi connectivity index (χ0) is 29.2. The first-order chi connectivity index (χ1) is 20.4. The van der Waals surface area contributed by atoms with Gasteiger partial charge < -0.3 is 29.6 Å². The predicted molar refractivity (Wildman–Crippen MR) is 166 cm³/mol. The van der Waals surface area contributed by atoms with Crippen LogP contribution in [0.3, 0.4) is 0 Å². The minimum atomic E-state index is -0.340. The SMILES string of the molecule is CNC(=O)Nc1ccc2c(c1)C(=O)/C(=C/c1c(C3CCCCC3)n(CCN3CCN(C)CC3)c3ccc(OC)cc13)O2. The fourth-order valence-corrected chi connectivity index (χ4v) is 6.62. The predicted octanol–water partition coefficient (Wildman–Crippen LogP) is 5.31. The zero-order valence-electron chi connectivity index (χ0n) is 24.9. The molecule has 3 heterocycles. The molecule has 1 saturated carbocycles. The van der Waals surface area contributed by atoms with Gasteiger partial charge in [-0.05, 0) is 68.3 Å². The molecule has 1 aliphatic carbocycles. The molecule has 0 bridgehead atoms. The van der Waals surface area contributed by atoms with Crippen LogP contribution in [0.2, 0.25) is 0 Å². The lowest BCUT2D eigenvalue weighted by Crippen LogP contribution is -2.45. The van der Waals surface area contributed by atoms with Crippen LogP contribution in [-0.4, -0.2) is 80.1 Å². The molecular weight excluding hydrogens is 530 g/mol. The number of amides is 2. The Morgan fingerprint density at radius 3 is 2.57 bits per heavy atom. The molecule has 9 heteroatoms. The van der Waals surface area contributed by atoms with Crippen LogP contribution in [0.25, 0.3) is 17.0 Å². The molecule has 0 atom stereocenters. The summed E-state index contributed by atoms with van der Waals surface area (Å²) < 4.78 is 14.3. The van der Waals surface area contributed by atoms with Gasteiger partial charge >= 0.3 is 6.03 Å². The molecular formula is C33H41N5O4. The number of carbonyl (C=O) groups is 2. The van der Waals surface area contributed by atoms with Gasteiger partial charge in [-0.25, -0.2) is 4.79 Å². The summed E-state index contributed by atoms with van der Waals surface area (Å²) in [6, 6.07) is 11.1. The van der Waals surface area contributed by atoms with Crippen molar-refractivity contribution in [2.45, 2.75) is 44.6 Å². The van der Waals surface area contributed by atoms with Crippen molar-refractivity contribution < 1.29 is 19.1 Å². The van der Waals surface area contributed by atoms with Crippen molar-refractivity contribution in [2.24, 2.45) is 0 Å². The molecule has 3 aliphatic rings. The Kier molecular flexibility index (Phi) is 8.22. The van der Waals surface area contributed by atoms with Gasteiger partial charge in [0.05, 0.1) is 12.7 Å². The van der Waals surface area contributed by atoms with Crippen LogP contribution in [0, 0.1) is 0 Å². The average Bonchev–Trinajstić information content (AvgIpc) is 3.50. The number of ether oxygens (including phenoxy) is 2. The first kappa shape index (κ1) is 28.3. The Morgan fingerprint density at radius 1 is 1.05 bits per heavy atom. The van der Waals surface area contributed by atoms with Gasteiger partial charge in [-0.3, -0.25) is 9.69 Å². The minimum absolute atomic E-state index is 0.179. The average molecular weight is 572 g/mol. The Balaban J connectivity index is 1.42. The fourth-order valence-electron chi connectivity index (χ4n) is 6.62. The van der Waals surface area contributed by atoms with E-state index in [1.165, 1.54) is 25.0 Å². The minimum Gasteiger partial charge on any atom is -0.497 e. The molecule has 2 fully saturated rings. The number of methoxy groups -OCH3 is 1. The normalized spacial score (nSPS) is 19.2. The molecule has 42 heavy (non-hydrogen) atoms. The first-order valence-corrected chi connectivity index (χ1v) is 15.1. The van der Waals surface area contributed by atoms with E-state index in [1.807, 2.05) is 12.1 Å². The number of piperazine rings is 1. The van der Waals surface area contributed by atoms with E-state index in [0.717, 1.165) is 74.3 Å². The van der Waals surface area contributed by atoms with Crippen LogP contribution in [0.1, 0.15) is 59.6 Å². The quantitative estimate of drug-likeness (QED) is 0.374. The third-order valence-electron chi connectivity index (χ3n) is 9.01. The maximum absolute atomic E-state index is 13.7. The van der Waals surface area contributed by atoms with Crippen LogP contribution >= 0.6 is 0 Å². The molecule has 1 aromatic heterocycles. The van der Waals surface area contributed by atoms with Crippen molar-refractivity contribution in [1.29, 1.82) is 0 Å². The summed E-state index contributed by atoms with van der Waals surface area (Å²) in [5.74, 6) is 1.84. The number of allylic oxidation sites excluding steroid dienone is 1. The number of likely N-dealkylation sites (N-methyl/N-ethyl adjacent to an activating group) is 1. The van der Waals surface area contributed by atoms with Crippen molar-refractivity contribution in [3.8, 4) is 11.5 Å². The summed E-state index contributed by atoms with van der Waals surface area (Å²) in [5, 5.41) is 6.36. The fraction of sp³-hybridized carbons (Fsp3) is 0.455. The van der Waals surface area contributed by atoms with Gasteiger partial charge in [0, 0.05) is 74.2 Å². The highest BCUT2D eigenvalue weighted by Gasteiger charge is 2.31. The summed E-state index contributed by atoms with van der Waals surface area (Å²) in [7, 11) is 5.43.